The van der Waals surface area contributed by atoms with Gasteiger partial charge in [-0.15, -0.1) is 0 Å². The van der Waals surface area contributed by atoms with E-state index in [0.29, 0.717) is 25.2 Å². The number of aliphatic hydroxyl groups excluding tert-OH is 1. The van der Waals surface area contributed by atoms with E-state index < -0.39 is 17.1 Å². The molecule has 7 atom stereocenters. The Kier molecular flexibility index (Phi) is 3.34. The van der Waals surface area contributed by atoms with Gasteiger partial charge in [-0.05, 0) is 67.8 Å². The van der Waals surface area contributed by atoms with E-state index in [9.17, 15) is 20.3 Å². The molecule has 4 rings (SSSR count). The molecule has 0 aromatic rings. The van der Waals surface area contributed by atoms with Gasteiger partial charge in [0.15, 0.2) is 11.4 Å². The van der Waals surface area contributed by atoms with Crippen LogP contribution < -0.4 is 0 Å². The van der Waals surface area contributed by atoms with Crippen LogP contribution in [0.1, 0.15) is 58.8 Å². The van der Waals surface area contributed by atoms with Crippen molar-refractivity contribution in [3.8, 4) is 6.07 Å². The number of carbonyl (C=O) groups excluding carboxylic acids is 1. The van der Waals surface area contributed by atoms with E-state index in [4.69, 9.17) is 0 Å². The van der Waals surface area contributed by atoms with Crippen LogP contribution in [0.25, 0.3) is 0 Å². The van der Waals surface area contributed by atoms with E-state index in [1.807, 2.05) is 13.0 Å². The fraction of sp³-hybridized carbons (Fsp3) is 0.800. The number of hydrogen-bond acceptors (Lipinski definition) is 4. The maximum Gasteiger partial charge on any atom is 0.156 e. The molecule has 0 saturated heterocycles. The van der Waals surface area contributed by atoms with Crippen molar-refractivity contribution in [3.63, 3.8) is 0 Å². The number of fused-ring (bicyclic) bond motifs is 5. The minimum absolute atomic E-state index is 0.106. The van der Waals surface area contributed by atoms with Crippen molar-refractivity contribution in [2.75, 3.05) is 0 Å². The topological polar surface area (TPSA) is 81.3 Å². The van der Waals surface area contributed by atoms with Crippen LogP contribution in [0.15, 0.2) is 11.6 Å². The molecule has 0 radical (unpaired) electrons. The van der Waals surface area contributed by atoms with Gasteiger partial charge in [-0.3, -0.25) is 4.79 Å². The minimum atomic E-state index is -1.32. The molecule has 4 aliphatic rings. The van der Waals surface area contributed by atoms with Gasteiger partial charge in [-0.25, -0.2) is 0 Å². The molecule has 4 heteroatoms. The van der Waals surface area contributed by atoms with E-state index in [-0.39, 0.29) is 23.0 Å². The van der Waals surface area contributed by atoms with Gasteiger partial charge in [-0.1, -0.05) is 19.4 Å². The van der Waals surface area contributed by atoms with Crippen LogP contribution in [0.5, 0.6) is 0 Å². The molecule has 0 aromatic carbocycles. The smallest absolute Gasteiger partial charge is 0.156 e. The lowest BCUT2D eigenvalue weighted by Gasteiger charge is -2.60. The number of nitrogens with zero attached hydrogens (tertiary/aromatic N) is 1. The van der Waals surface area contributed by atoms with E-state index in [0.717, 1.165) is 25.7 Å². The number of carbonyl (C=O) groups is 1. The van der Waals surface area contributed by atoms with Crippen LogP contribution in [0.2, 0.25) is 0 Å². The van der Waals surface area contributed by atoms with Crippen LogP contribution in [0.3, 0.4) is 0 Å². The Balaban J connectivity index is 1.76. The normalized spacial score (nSPS) is 53.5. The third-order valence-electron chi connectivity index (χ3n) is 8.23. The fourth-order valence-electron chi connectivity index (χ4n) is 6.88. The second-order valence-electron chi connectivity index (χ2n) is 9.09. The van der Waals surface area contributed by atoms with Gasteiger partial charge in [0.1, 0.15) is 0 Å². The molecule has 0 heterocycles. The number of allylic oxidation sites excluding steroid dienone is 1. The van der Waals surface area contributed by atoms with Crippen molar-refractivity contribution in [1.29, 1.82) is 5.26 Å². The van der Waals surface area contributed by atoms with Crippen molar-refractivity contribution in [2.24, 2.45) is 28.6 Å². The molecule has 0 spiro atoms. The number of aliphatic hydroxyl groups is 2. The van der Waals surface area contributed by atoms with Gasteiger partial charge >= 0.3 is 0 Å². The third-order valence-corrected chi connectivity index (χ3v) is 8.23. The zero-order valence-electron chi connectivity index (χ0n) is 14.6. The number of rotatable bonds is 0. The molecule has 0 aliphatic heterocycles. The monoisotopic (exact) mass is 329 g/mol. The summed E-state index contributed by atoms with van der Waals surface area (Å²) in [5.74, 6) is 0.975. The standard InChI is InChI=1S/C20H27NO3/c1-18-7-5-13(22)9-12(18)3-4-14-15-6-8-20(24,11-21)19(15,2)10-16(23)17(14)18/h9,14-17,23-24H,3-8,10H2,1-2H3/t14?,15?,16?,17?,18-,19-,20-/m0/s1. The Morgan fingerprint density at radius 1 is 1.25 bits per heavy atom. The lowest BCUT2D eigenvalue weighted by molar-refractivity contribution is -0.156. The summed E-state index contributed by atoms with van der Waals surface area (Å²) in [4.78, 5) is 11.9. The molecule has 0 aromatic heterocycles. The van der Waals surface area contributed by atoms with Gasteiger partial charge in [0.05, 0.1) is 12.2 Å². The first-order valence-electron chi connectivity index (χ1n) is 9.31. The Labute approximate surface area is 143 Å². The molecular formula is C20H27NO3. The van der Waals surface area contributed by atoms with E-state index >= 15 is 0 Å². The van der Waals surface area contributed by atoms with Crippen LogP contribution in [-0.2, 0) is 4.79 Å². The van der Waals surface area contributed by atoms with Crippen LogP contribution in [0.4, 0.5) is 0 Å². The summed E-state index contributed by atoms with van der Waals surface area (Å²) in [5, 5.41) is 31.5. The Hall–Kier alpha value is -1.18. The van der Waals surface area contributed by atoms with E-state index in [1.54, 1.807) is 0 Å². The Morgan fingerprint density at radius 3 is 2.71 bits per heavy atom. The van der Waals surface area contributed by atoms with Crippen molar-refractivity contribution in [3.05, 3.63) is 11.6 Å². The highest BCUT2D eigenvalue weighted by molar-refractivity contribution is 5.91. The number of nitriles is 1. The first-order valence-corrected chi connectivity index (χ1v) is 9.31. The number of hydrogen-bond donors (Lipinski definition) is 2. The highest BCUT2D eigenvalue weighted by Gasteiger charge is 2.66. The molecule has 4 unspecified atom stereocenters. The average Bonchev–Trinajstić information content (AvgIpc) is 2.79. The molecule has 130 valence electrons. The highest BCUT2D eigenvalue weighted by Crippen LogP contribution is 2.67. The molecule has 0 amide bonds. The second-order valence-corrected chi connectivity index (χ2v) is 9.09. The Bertz CT molecular complexity index is 664. The van der Waals surface area contributed by atoms with Gasteiger partial charge in [0.25, 0.3) is 0 Å². The zero-order valence-corrected chi connectivity index (χ0v) is 14.6. The maximum absolute atomic E-state index is 11.9. The van der Waals surface area contributed by atoms with E-state index in [1.165, 1.54) is 5.57 Å². The first-order chi connectivity index (χ1) is 11.2. The Morgan fingerprint density at radius 2 is 2.00 bits per heavy atom. The lowest BCUT2D eigenvalue weighted by atomic mass is 9.45. The maximum atomic E-state index is 11.9. The van der Waals surface area contributed by atoms with Crippen LogP contribution in [0, 0.1) is 39.9 Å². The molecule has 4 aliphatic carbocycles. The van der Waals surface area contributed by atoms with Crippen molar-refractivity contribution < 1.29 is 15.0 Å². The van der Waals surface area contributed by atoms with Crippen molar-refractivity contribution >= 4 is 5.78 Å². The summed E-state index contributed by atoms with van der Waals surface area (Å²) in [5.41, 5.74) is -0.727. The summed E-state index contributed by atoms with van der Waals surface area (Å²) < 4.78 is 0. The summed E-state index contributed by atoms with van der Waals surface area (Å²) in [6.07, 6.45) is 6.44. The zero-order chi connectivity index (χ0) is 17.3. The van der Waals surface area contributed by atoms with Crippen molar-refractivity contribution in [2.45, 2.75) is 70.5 Å². The lowest BCUT2D eigenvalue weighted by Crippen LogP contribution is -2.59. The molecule has 0 bridgehead atoms. The van der Waals surface area contributed by atoms with Crippen LogP contribution >= 0.6 is 0 Å². The first kappa shape index (κ1) is 16.3. The van der Waals surface area contributed by atoms with Gasteiger partial charge in [0.2, 0.25) is 0 Å². The molecular weight excluding hydrogens is 302 g/mol. The van der Waals surface area contributed by atoms with Gasteiger partial charge in [-0.2, -0.15) is 5.26 Å². The summed E-state index contributed by atoms with van der Waals surface area (Å²) >= 11 is 0. The second kappa shape index (κ2) is 4.93. The summed E-state index contributed by atoms with van der Waals surface area (Å²) in [6.45, 7) is 4.23. The largest absolute Gasteiger partial charge is 0.393 e. The fourth-order valence-corrected chi connectivity index (χ4v) is 6.88. The number of ketones is 1. The van der Waals surface area contributed by atoms with Crippen LogP contribution in [-0.4, -0.2) is 27.7 Å². The molecule has 3 fully saturated rings. The summed E-state index contributed by atoms with van der Waals surface area (Å²) in [6, 6.07) is 2.16. The molecule has 4 nitrogen and oxygen atoms in total. The molecule has 3 saturated carbocycles. The highest BCUT2D eigenvalue weighted by atomic mass is 16.3. The van der Waals surface area contributed by atoms with E-state index in [2.05, 4.69) is 13.0 Å². The SMILES string of the molecule is C[C@]12CCC(=O)C=C1CCC1C2C(O)C[C@@]2(C)C1CC[C@]2(O)C#N. The van der Waals surface area contributed by atoms with Crippen molar-refractivity contribution in [1.82, 2.24) is 0 Å². The quantitative estimate of drug-likeness (QED) is 0.670. The summed E-state index contributed by atoms with van der Waals surface area (Å²) in [7, 11) is 0. The molecule has 24 heavy (non-hydrogen) atoms. The average molecular weight is 329 g/mol. The predicted molar refractivity (Wildman–Crippen MR) is 88.7 cm³/mol. The van der Waals surface area contributed by atoms with Gasteiger partial charge in [0, 0.05) is 11.8 Å². The molecule has 2 N–H and O–H groups in total. The van der Waals surface area contributed by atoms with Gasteiger partial charge < -0.3 is 10.2 Å². The third kappa shape index (κ3) is 1.83. The minimum Gasteiger partial charge on any atom is -0.393 e. The predicted octanol–water partition coefficient (Wildman–Crippen LogP) is 2.74.